The first-order valence-corrected chi connectivity index (χ1v) is 6.30. The van der Waals surface area contributed by atoms with Crippen molar-refractivity contribution in [2.45, 2.75) is 19.4 Å². The minimum absolute atomic E-state index is 0.624. The minimum Gasteiger partial charge on any atom is -0.385 e. The van der Waals surface area contributed by atoms with Gasteiger partial charge in [-0.05, 0) is 25.3 Å². The van der Waals surface area contributed by atoms with Crippen LogP contribution < -0.4 is 10.6 Å². The molecule has 1 aliphatic rings. The molecule has 96 valence electrons. The Bertz CT molecular complexity index is 339. The molecule has 1 aromatic heterocycles. The SMILES string of the molecule is COCCCn1ccnc1N1CCC(CN)C1. The van der Waals surface area contributed by atoms with E-state index in [0.29, 0.717) is 5.92 Å². The van der Waals surface area contributed by atoms with Gasteiger partial charge in [0.15, 0.2) is 0 Å². The first kappa shape index (κ1) is 12.4. The number of hydrogen-bond acceptors (Lipinski definition) is 4. The molecule has 5 nitrogen and oxygen atoms in total. The molecule has 1 saturated heterocycles. The topological polar surface area (TPSA) is 56.3 Å². The fourth-order valence-corrected chi connectivity index (χ4v) is 2.35. The molecule has 1 aromatic rings. The van der Waals surface area contributed by atoms with Crippen LogP contribution >= 0.6 is 0 Å². The zero-order valence-corrected chi connectivity index (χ0v) is 10.5. The van der Waals surface area contributed by atoms with E-state index in [2.05, 4.69) is 14.5 Å². The average molecular weight is 238 g/mol. The smallest absolute Gasteiger partial charge is 0.205 e. The molecule has 17 heavy (non-hydrogen) atoms. The zero-order valence-electron chi connectivity index (χ0n) is 10.5. The number of nitrogens with two attached hydrogens (primary N) is 1. The van der Waals surface area contributed by atoms with E-state index in [9.17, 15) is 0 Å². The highest BCUT2D eigenvalue weighted by Crippen LogP contribution is 2.21. The van der Waals surface area contributed by atoms with Gasteiger partial charge in [0.25, 0.3) is 0 Å². The summed E-state index contributed by atoms with van der Waals surface area (Å²) in [5.41, 5.74) is 5.72. The van der Waals surface area contributed by atoms with Gasteiger partial charge in [0.2, 0.25) is 5.95 Å². The van der Waals surface area contributed by atoms with E-state index in [4.69, 9.17) is 10.5 Å². The third-order valence-corrected chi connectivity index (χ3v) is 3.34. The van der Waals surface area contributed by atoms with Gasteiger partial charge in [-0.25, -0.2) is 4.98 Å². The molecule has 0 aliphatic carbocycles. The maximum atomic E-state index is 5.72. The Morgan fingerprint density at radius 2 is 2.47 bits per heavy atom. The number of methoxy groups -OCH3 is 1. The van der Waals surface area contributed by atoms with Crippen LogP contribution in [0.1, 0.15) is 12.8 Å². The normalized spacial score (nSPS) is 20.1. The predicted octanol–water partition coefficient (Wildman–Crippen LogP) is 0.705. The van der Waals surface area contributed by atoms with Gasteiger partial charge in [0, 0.05) is 45.7 Å². The molecule has 2 heterocycles. The Balaban J connectivity index is 1.94. The Morgan fingerprint density at radius 1 is 1.59 bits per heavy atom. The number of nitrogens with zero attached hydrogens (tertiary/aromatic N) is 3. The number of rotatable bonds is 6. The Morgan fingerprint density at radius 3 is 3.18 bits per heavy atom. The van der Waals surface area contributed by atoms with Crippen molar-refractivity contribution in [3.05, 3.63) is 12.4 Å². The third kappa shape index (κ3) is 2.98. The Labute approximate surface area is 103 Å². The summed E-state index contributed by atoms with van der Waals surface area (Å²) in [5, 5.41) is 0. The van der Waals surface area contributed by atoms with Crippen LogP contribution in [-0.2, 0) is 11.3 Å². The molecule has 0 bridgehead atoms. The number of hydrogen-bond donors (Lipinski definition) is 1. The Hall–Kier alpha value is -1.07. The second-order valence-corrected chi connectivity index (χ2v) is 4.60. The summed E-state index contributed by atoms with van der Waals surface area (Å²) < 4.78 is 7.28. The van der Waals surface area contributed by atoms with Crippen molar-refractivity contribution in [3.63, 3.8) is 0 Å². The van der Waals surface area contributed by atoms with Gasteiger partial charge in [-0.3, -0.25) is 0 Å². The van der Waals surface area contributed by atoms with Gasteiger partial charge in [-0.1, -0.05) is 0 Å². The highest BCUT2D eigenvalue weighted by molar-refractivity contribution is 5.33. The second-order valence-electron chi connectivity index (χ2n) is 4.60. The van der Waals surface area contributed by atoms with Crippen molar-refractivity contribution in [3.8, 4) is 0 Å². The van der Waals surface area contributed by atoms with E-state index in [0.717, 1.165) is 45.2 Å². The van der Waals surface area contributed by atoms with Crippen molar-refractivity contribution >= 4 is 5.95 Å². The maximum Gasteiger partial charge on any atom is 0.205 e. The molecule has 0 saturated carbocycles. The molecule has 0 amide bonds. The molecule has 0 radical (unpaired) electrons. The number of aromatic nitrogens is 2. The van der Waals surface area contributed by atoms with E-state index in [1.807, 2.05) is 12.4 Å². The van der Waals surface area contributed by atoms with Crippen molar-refractivity contribution in [2.75, 3.05) is 38.3 Å². The van der Waals surface area contributed by atoms with Gasteiger partial charge in [0.1, 0.15) is 0 Å². The predicted molar refractivity (Wildman–Crippen MR) is 68.1 cm³/mol. The highest BCUT2D eigenvalue weighted by Gasteiger charge is 2.23. The van der Waals surface area contributed by atoms with Crippen molar-refractivity contribution in [2.24, 2.45) is 11.7 Å². The van der Waals surface area contributed by atoms with Crippen LogP contribution in [-0.4, -0.2) is 42.9 Å². The van der Waals surface area contributed by atoms with Gasteiger partial charge in [-0.15, -0.1) is 0 Å². The van der Waals surface area contributed by atoms with Gasteiger partial charge in [-0.2, -0.15) is 0 Å². The van der Waals surface area contributed by atoms with E-state index >= 15 is 0 Å². The summed E-state index contributed by atoms with van der Waals surface area (Å²) in [6.45, 7) is 4.65. The van der Waals surface area contributed by atoms with Crippen LogP contribution in [0.3, 0.4) is 0 Å². The largest absolute Gasteiger partial charge is 0.385 e. The summed E-state index contributed by atoms with van der Waals surface area (Å²) in [5.74, 6) is 1.70. The highest BCUT2D eigenvalue weighted by atomic mass is 16.5. The standard InChI is InChI=1S/C12H22N4O/c1-17-8-2-5-15-7-4-14-12(15)16-6-3-11(9-13)10-16/h4,7,11H,2-3,5-6,8-10,13H2,1H3. The summed E-state index contributed by atoms with van der Waals surface area (Å²) >= 11 is 0. The fourth-order valence-electron chi connectivity index (χ4n) is 2.35. The van der Waals surface area contributed by atoms with Crippen LogP contribution in [0.2, 0.25) is 0 Å². The first-order valence-electron chi connectivity index (χ1n) is 6.30. The van der Waals surface area contributed by atoms with Gasteiger partial charge < -0.3 is 19.9 Å². The number of ether oxygens (including phenoxy) is 1. The number of aryl methyl sites for hydroxylation is 1. The summed E-state index contributed by atoms with van der Waals surface area (Å²) in [6.07, 6.45) is 6.12. The van der Waals surface area contributed by atoms with Gasteiger partial charge in [0.05, 0.1) is 0 Å². The summed E-state index contributed by atoms with van der Waals surface area (Å²) in [7, 11) is 1.74. The van der Waals surface area contributed by atoms with E-state index < -0.39 is 0 Å². The summed E-state index contributed by atoms with van der Waals surface area (Å²) in [6, 6.07) is 0. The number of imidazole rings is 1. The molecule has 0 spiro atoms. The molecular formula is C12H22N4O. The fraction of sp³-hybridized carbons (Fsp3) is 0.750. The van der Waals surface area contributed by atoms with Crippen molar-refractivity contribution in [1.82, 2.24) is 9.55 Å². The lowest BCUT2D eigenvalue weighted by Gasteiger charge is -2.19. The minimum atomic E-state index is 0.624. The lowest BCUT2D eigenvalue weighted by Crippen LogP contribution is -2.25. The molecule has 1 unspecified atom stereocenters. The summed E-state index contributed by atoms with van der Waals surface area (Å²) in [4.78, 5) is 6.79. The first-order chi connectivity index (χ1) is 8.35. The quantitative estimate of drug-likeness (QED) is 0.741. The third-order valence-electron chi connectivity index (χ3n) is 3.34. The molecule has 2 rings (SSSR count). The van der Waals surface area contributed by atoms with Crippen LogP contribution in [0.25, 0.3) is 0 Å². The van der Waals surface area contributed by atoms with E-state index in [1.165, 1.54) is 6.42 Å². The molecular weight excluding hydrogens is 216 g/mol. The lowest BCUT2D eigenvalue weighted by atomic mass is 10.1. The van der Waals surface area contributed by atoms with Crippen LogP contribution in [0.5, 0.6) is 0 Å². The van der Waals surface area contributed by atoms with E-state index in [-0.39, 0.29) is 0 Å². The molecule has 5 heteroatoms. The Kier molecular flexibility index (Phi) is 4.39. The zero-order chi connectivity index (χ0) is 12.1. The molecule has 1 fully saturated rings. The molecule has 0 aromatic carbocycles. The van der Waals surface area contributed by atoms with Crippen molar-refractivity contribution in [1.29, 1.82) is 0 Å². The lowest BCUT2D eigenvalue weighted by molar-refractivity contribution is 0.190. The average Bonchev–Trinajstić information content (AvgIpc) is 2.96. The van der Waals surface area contributed by atoms with Crippen LogP contribution in [0.15, 0.2) is 12.4 Å². The van der Waals surface area contributed by atoms with Gasteiger partial charge >= 0.3 is 0 Å². The number of anilines is 1. The van der Waals surface area contributed by atoms with Crippen LogP contribution in [0, 0.1) is 5.92 Å². The monoisotopic (exact) mass is 238 g/mol. The van der Waals surface area contributed by atoms with Crippen molar-refractivity contribution < 1.29 is 4.74 Å². The second kappa shape index (κ2) is 6.02. The van der Waals surface area contributed by atoms with E-state index in [1.54, 1.807) is 7.11 Å². The van der Waals surface area contributed by atoms with Crippen LogP contribution in [0.4, 0.5) is 5.95 Å². The molecule has 2 N–H and O–H groups in total. The molecule has 1 atom stereocenters. The maximum absolute atomic E-state index is 5.72. The molecule has 1 aliphatic heterocycles.